The first kappa shape index (κ1) is 23.6. The van der Waals surface area contributed by atoms with Crippen molar-refractivity contribution in [2.75, 3.05) is 19.5 Å². The van der Waals surface area contributed by atoms with Gasteiger partial charge < -0.3 is 19.5 Å². The molecule has 1 N–H and O–H groups in total. The Morgan fingerprint density at radius 2 is 1.69 bits per heavy atom. The maximum Gasteiger partial charge on any atom is 0.339 e. The molecule has 0 spiro atoms. The molecule has 1 aliphatic heterocycles. The van der Waals surface area contributed by atoms with Gasteiger partial charge in [0.25, 0.3) is 5.91 Å². The summed E-state index contributed by atoms with van der Waals surface area (Å²) in [7, 11) is 2.80. The van der Waals surface area contributed by atoms with Gasteiger partial charge in [-0.3, -0.25) is 14.4 Å². The molecule has 3 aromatic carbocycles. The van der Waals surface area contributed by atoms with Gasteiger partial charge in [-0.25, -0.2) is 9.18 Å². The molecule has 2 atom stereocenters. The van der Waals surface area contributed by atoms with E-state index >= 15 is 0 Å². The number of halogens is 1. The standard InChI is InChI=1S/C26H20FNO7/c1-33-14-11-12-20(34-2)19(13-14)28-25(31)23(30)21(22(29)17-9-5-6-10-18(17)27)24-15-7-3-4-8-16(15)26(32)35-24/h3-13,21,24H,1-2H3,(H,28,31)/t21-,24+/m1/s1. The second-order valence-corrected chi connectivity index (χ2v) is 7.62. The van der Waals surface area contributed by atoms with Crippen molar-refractivity contribution >= 4 is 29.1 Å². The van der Waals surface area contributed by atoms with Crippen LogP contribution in [0.15, 0.2) is 66.7 Å². The number of rotatable bonds is 8. The monoisotopic (exact) mass is 477 g/mol. The number of carbonyl (C=O) groups is 4. The predicted molar refractivity (Wildman–Crippen MR) is 122 cm³/mol. The molecule has 35 heavy (non-hydrogen) atoms. The van der Waals surface area contributed by atoms with Crippen molar-refractivity contribution < 1.29 is 37.8 Å². The number of carbonyl (C=O) groups excluding carboxylic acids is 4. The zero-order valence-electron chi connectivity index (χ0n) is 18.7. The molecule has 0 aliphatic carbocycles. The predicted octanol–water partition coefficient (Wildman–Crippen LogP) is 3.76. The number of Topliss-reactive ketones (excluding diaryl/α,β-unsaturated/α-hetero) is 2. The van der Waals surface area contributed by atoms with Crippen LogP contribution in [0.4, 0.5) is 10.1 Å². The lowest BCUT2D eigenvalue weighted by Gasteiger charge is -2.21. The molecule has 1 aliphatic rings. The van der Waals surface area contributed by atoms with E-state index in [2.05, 4.69) is 5.32 Å². The van der Waals surface area contributed by atoms with Crippen LogP contribution in [0.5, 0.6) is 11.5 Å². The van der Waals surface area contributed by atoms with Gasteiger partial charge in [-0.1, -0.05) is 30.3 Å². The highest BCUT2D eigenvalue weighted by molar-refractivity contribution is 6.45. The Bertz CT molecular complexity index is 1340. The number of amides is 1. The molecule has 0 saturated heterocycles. The SMILES string of the molecule is COc1ccc(OC)c(NC(=O)C(=O)[C@@H](C(=O)c2ccccc2F)[C@H]2OC(=O)c3ccccc32)c1. The summed E-state index contributed by atoms with van der Waals surface area (Å²) in [6.45, 7) is 0. The van der Waals surface area contributed by atoms with E-state index in [1.54, 1.807) is 18.2 Å². The Hall–Kier alpha value is -4.53. The molecule has 0 unspecified atom stereocenters. The van der Waals surface area contributed by atoms with Crippen LogP contribution in [0.1, 0.15) is 32.4 Å². The van der Waals surface area contributed by atoms with Crippen LogP contribution in [0.2, 0.25) is 0 Å². The summed E-state index contributed by atoms with van der Waals surface area (Å²) in [5.41, 5.74) is 0.128. The van der Waals surface area contributed by atoms with E-state index in [0.717, 1.165) is 6.07 Å². The Morgan fingerprint density at radius 3 is 2.40 bits per heavy atom. The lowest BCUT2D eigenvalue weighted by atomic mass is 9.84. The minimum atomic E-state index is -1.82. The van der Waals surface area contributed by atoms with Crippen molar-refractivity contribution in [3.8, 4) is 11.5 Å². The van der Waals surface area contributed by atoms with Crippen molar-refractivity contribution in [3.63, 3.8) is 0 Å². The quantitative estimate of drug-likeness (QED) is 0.228. The Labute approximate surface area is 199 Å². The van der Waals surface area contributed by atoms with E-state index < -0.39 is 46.8 Å². The minimum absolute atomic E-state index is 0.117. The number of methoxy groups -OCH3 is 2. The molecule has 4 rings (SSSR count). The van der Waals surface area contributed by atoms with Gasteiger partial charge in [0, 0.05) is 11.6 Å². The van der Waals surface area contributed by atoms with Gasteiger partial charge in [-0.2, -0.15) is 0 Å². The first-order valence-corrected chi connectivity index (χ1v) is 10.5. The molecule has 3 aromatic rings. The molecule has 0 saturated carbocycles. The van der Waals surface area contributed by atoms with Crippen LogP contribution in [0.25, 0.3) is 0 Å². The summed E-state index contributed by atoms with van der Waals surface area (Å²) in [5.74, 6) is -6.20. The van der Waals surface area contributed by atoms with Gasteiger partial charge in [-0.15, -0.1) is 0 Å². The fourth-order valence-corrected chi connectivity index (χ4v) is 3.88. The number of hydrogen-bond acceptors (Lipinski definition) is 7. The van der Waals surface area contributed by atoms with Gasteiger partial charge in [-0.05, 0) is 30.3 Å². The zero-order valence-corrected chi connectivity index (χ0v) is 18.7. The summed E-state index contributed by atoms with van der Waals surface area (Å²) in [5, 5.41) is 2.42. The average Bonchev–Trinajstić information content (AvgIpc) is 3.20. The maximum absolute atomic E-state index is 14.5. The Morgan fingerprint density at radius 1 is 0.971 bits per heavy atom. The van der Waals surface area contributed by atoms with Crippen molar-refractivity contribution in [3.05, 3.63) is 89.2 Å². The van der Waals surface area contributed by atoms with Gasteiger partial charge in [0.15, 0.2) is 5.78 Å². The number of benzene rings is 3. The molecule has 0 bridgehead atoms. The van der Waals surface area contributed by atoms with Crippen LogP contribution in [-0.4, -0.2) is 37.7 Å². The third-order valence-corrected chi connectivity index (χ3v) is 5.61. The second-order valence-electron chi connectivity index (χ2n) is 7.62. The highest BCUT2D eigenvalue weighted by Gasteiger charge is 2.46. The molecule has 1 heterocycles. The summed E-state index contributed by atoms with van der Waals surface area (Å²) < 4.78 is 30.2. The van der Waals surface area contributed by atoms with Gasteiger partial charge in [0.1, 0.15) is 29.3 Å². The molecule has 178 valence electrons. The lowest BCUT2D eigenvalue weighted by Crippen LogP contribution is -2.38. The van der Waals surface area contributed by atoms with Crippen LogP contribution in [-0.2, 0) is 14.3 Å². The normalized spacial score (nSPS) is 14.9. The van der Waals surface area contributed by atoms with E-state index in [4.69, 9.17) is 14.2 Å². The number of anilines is 1. The Balaban J connectivity index is 1.74. The highest BCUT2D eigenvalue weighted by Crippen LogP contribution is 2.39. The molecule has 0 radical (unpaired) electrons. The number of ketones is 2. The van der Waals surface area contributed by atoms with Crippen molar-refractivity contribution in [1.82, 2.24) is 0 Å². The summed E-state index contributed by atoms with van der Waals surface area (Å²) in [6.07, 6.45) is -1.41. The highest BCUT2D eigenvalue weighted by atomic mass is 19.1. The first-order valence-electron chi connectivity index (χ1n) is 10.5. The summed E-state index contributed by atoms with van der Waals surface area (Å²) >= 11 is 0. The molecular weight excluding hydrogens is 457 g/mol. The van der Waals surface area contributed by atoms with E-state index in [-0.39, 0.29) is 22.6 Å². The van der Waals surface area contributed by atoms with Crippen LogP contribution in [0, 0.1) is 11.7 Å². The van der Waals surface area contributed by atoms with E-state index in [0.29, 0.717) is 5.75 Å². The van der Waals surface area contributed by atoms with Crippen molar-refractivity contribution in [2.45, 2.75) is 6.10 Å². The third-order valence-electron chi connectivity index (χ3n) is 5.61. The van der Waals surface area contributed by atoms with E-state index in [9.17, 15) is 23.6 Å². The number of fused-ring (bicyclic) bond motifs is 1. The number of hydrogen-bond donors (Lipinski definition) is 1. The largest absolute Gasteiger partial charge is 0.497 e. The van der Waals surface area contributed by atoms with Crippen LogP contribution in [0.3, 0.4) is 0 Å². The van der Waals surface area contributed by atoms with E-state index in [1.165, 1.54) is 56.7 Å². The lowest BCUT2D eigenvalue weighted by molar-refractivity contribution is -0.138. The van der Waals surface area contributed by atoms with E-state index in [1.807, 2.05) is 0 Å². The molecule has 1 amide bonds. The summed E-state index contributed by atoms with van der Waals surface area (Å²) in [4.78, 5) is 52.3. The molecule has 9 heteroatoms. The van der Waals surface area contributed by atoms with Gasteiger partial charge >= 0.3 is 5.97 Å². The molecule has 8 nitrogen and oxygen atoms in total. The zero-order chi connectivity index (χ0) is 25.1. The first-order chi connectivity index (χ1) is 16.8. The molecule has 0 fully saturated rings. The van der Waals surface area contributed by atoms with Crippen LogP contribution >= 0.6 is 0 Å². The molecule has 0 aromatic heterocycles. The van der Waals surface area contributed by atoms with Crippen molar-refractivity contribution in [2.24, 2.45) is 5.92 Å². The maximum atomic E-state index is 14.5. The number of ether oxygens (including phenoxy) is 3. The fraction of sp³-hybridized carbons (Fsp3) is 0.154. The number of cyclic esters (lactones) is 1. The fourth-order valence-electron chi connectivity index (χ4n) is 3.88. The molecular formula is C26H20FNO7. The Kier molecular flexibility index (Phi) is 6.59. The third kappa shape index (κ3) is 4.48. The van der Waals surface area contributed by atoms with Gasteiger partial charge in [0.2, 0.25) is 5.78 Å². The number of esters is 1. The average molecular weight is 477 g/mol. The van der Waals surface area contributed by atoms with Crippen molar-refractivity contribution in [1.29, 1.82) is 0 Å². The minimum Gasteiger partial charge on any atom is -0.497 e. The second kappa shape index (κ2) is 9.76. The summed E-state index contributed by atoms with van der Waals surface area (Å²) in [6, 6.07) is 15.8. The van der Waals surface area contributed by atoms with Crippen LogP contribution < -0.4 is 14.8 Å². The number of nitrogens with one attached hydrogen (secondary N) is 1. The topological polar surface area (TPSA) is 108 Å². The smallest absolute Gasteiger partial charge is 0.339 e. The van der Waals surface area contributed by atoms with Gasteiger partial charge in [0.05, 0.1) is 31.0 Å².